The van der Waals surface area contributed by atoms with Crippen molar-refractivity contribution in [2.45, 2.75) is 291 Å². The molecule has 0 heterocycles. The van der Waals surface area contributed by atoms with Crippen molar-refractivity contribution in [1.29, 1.82) is 0 Å². The van der Waals surface area contributed by atoms with Crippen LogP contribution in [0.25, 0.3) is 0 Å². The predicted molar refractivity (Wildman–Crippen MR) is 247 cm³/mol. The summed E-state index contributed by atoms with van der Waals surface area (Å²) in [5.74, 6) is 0.889. The Morgan fingerprint density at radius 2 is 0.603 bits per heavy atom. The maximum atomic E-state index is 12.8. The van der Waals surface area contributed by atoms with Crippen molar-refractivity contribution in [3.8, 4) is 0 Å². The molecule has 0 saturated heterocycles. The minimum absolute atomic E-state index is 0.0641. The van der Waals surface area contributed by atoms with Crippen molar-refractivity contribution >= 4 is 17.9 Å². The molecule has 58 heavy (non-hydrogen) atoms. The van der Waals surface area contributed by atoms with E-state index in [0.29, 0.717) is 19.3 Å². The highest BCUT2D eigenvalue weighted by Gasteiger charge is 2.19. The number of ether oxygens (including phenoxy) is 3. The maximum Gasteiger partial charge on any atom is 0.306 e. The third-order valence-electron chi connectivity index (χ3n) is 12.4. The highest BCUT2D eigenvalue weighted by Crippen LogP contribution is 2.18. The molecule has 0 aromatic carbocycles. The number of carbonyl (C=O) groups excluding carboxylic acids is 3. The van der Waals surface area contributed by atoms with Crippen LogP contribution in [-0.2, 0) is 28.6 Å². The summed E-state index contributed by atoms with van der Waals surface area (Å²) in [6, 6.07) is 0. The molecule has 0 spiro atoms. The number of esters is 3. The van der Waals surface area contributed by atoms with E-state index >= 15 is 0 Å². The van der Waals surface area contributed by atoms with Crippen LogP contribution in [0.3, 0.4) is 0 Å². The smallest absolute Gasteiger partial charge is 0.306 e. The fourth-order valence-corrected chi connectivity index (χ4v) is 7.75. The van der Waals surface area contributed by atoms with Gasteiger partial charge in [-0.05, 0) is 31.1 Å². The summed E-state index contributed by atoms with van der Waals surface area (Å²) >= 11 is 0. The Bertz CT molecular complexity index is 889. The average molecular weight is 821 g/mol. The fraction of sp³-hybridized carbons (Fsp3) is 0.942. The Labute approximate surface area is 361 Å². The molecule has 6 nitrogen and oxygen atoms in total. The van der Waals surface area contributed by atoms with Crippen LogP contribution in [0.15, 0.2) is 0 Å². The second-order valence-corrected chi connectivity index (χ2v) is 18.3. The summed E-state index contributed by atoms with van der Waals surface area (Å²) < 4.78 is 16.8. The third-order valence-corrected chi connectivity index (χ3v) is 12.4. The van der Waals surface area contributed by atoms with E-state index < -0.39 is 6.10 Å². The molecule has 0 N–H and O–H groups in total. The van der Waals surface area contributed by atoms with Crippen LogP contribution in [0.5, 0.6) is 0 Å². The first-order valence-corrected chi connectivity index (χ1v) is 25.8. The molecule has 0 saturated carbocycles. The molecule has 6 heteroatoms. The summed E-state index contributed by atoms with van der Waals surface area (Å²) in [7, 11) is 0. The van der Waals surface area contributed by atoms with E-state index in [1.807, 2.05) is 0 Å². The van der Waals surface area contributed by atoms with E-state index in [2.05, 4.69) is 34.6 Å². The van der Waals surface area contributed by atoms with E-state index in [1.165, 1.54) is 173 Å². The molecule has 0 aliphatic carbocycles. The molecule has 0 radical (unpaired) electrons. The zero-order valence-corrected chi connectivity index (χ0v) is 39.7. The van der Waals surface area contributed by atoms with Gasteiger partial charge in [0.2, 0.25) is 0 Å². The molecule has 0 aliphatic rings. The Balaban J connectivity index is 4.26. The van der Waals surface area contributed by atoms with Crippen molar-refractivity contribution in [3.63, 3.8) is 0 Å². The van der Waals surface area contributed by atoms with Gasteiger partial charge >= 0.3 is 17.9 Å². The van der Waals surface area contributed by atoms with Gasteiger partial charge in [0, 0.05) is 19.3 Å². The summed E-state index contributed by atoms with van der Waals surface area (Å²) in [5.41, 5.74) is 0. The van der Waals surface area contributed by atoms with Crippen molar-refractivity contribution in [2.75, 3.05) is 13.2 Å². The van der Waals surface area contributed by atoms with Crippen LogP contribution in [-0.4, -0.2) is 37.2 Å². The Morgan fingerprint density at radius 3 is 0.897 bits per heavy atom. The van der Waals surface area contributed by atoms with Gasteiger partial charge in [0.1, 0.15) is 13.2 Å². The summed E-state index contributed by atoms with van der Waals surface area (Å²) in [5, 5.41) is 0. The molecule has 0 aromatic rings. The van der Waals surface area contributed by atoms with Crippen LogP contribution in [0, 0.1) is 11.8 Å². The zero-order chi connectivity index (χ0) is 42.6. The number of carbonyl (C=O) groups is 3. The first-order chi connectivity index (χ1) is 28.3. The van der Waals surface area contributed by atoms with Crippen molar-refractivity contribution in [3.05, 3.63) is 0 Å². The Morgan fingerprint density at radius 1 is 0.345 bits per heavy atom. The minimum atomic E-state index is -0.761. The van der Waals surface area contributed by atoms with E-state index in [1.54, 1.807) is 0 Å². The molecule has 3 atom stereocenters. The van der Waals surface area contributed by atoms with E-state index in [4.69, 9.17) is 14.2 Å². The zero-order valence-electron chi connectivity index (χ0n) is 39.7. The standard InChI is InChI=1S/C52H100O6/c1-6-9-10-11-12-13-21-27-32-37-42-50(53)56-45-49(58-52(55)44-39-34-29-24-23-26-31-36-41-48(5)8-3)46-57-51(54)43-38-33-28-22-19-17-15-14-16-18-20-25-30-35-40-47(4)7-2/h47-49H,6-46H2,1-5H3/t47?,48?,49-/m1/s1. The average Bonchev–Trinajstić information content (AvgIpc) is 3.22. The lowest BCUT2D eigenvalue weighted by molar-refractivity contribution is -0.167. The second kappa shape index (κ2) is 44.9. The van der Waals surface area contributed by atoms with Crippen LogP contribution in [0.2, 0.25) is 0 Å². The summed E-state index contributed by atoms with van der Waals surface area (Å²) in [6.07, 6.45) is 45.1. The lowest BCUT2D eigenvalue weighted by Gasteiger charge is -2.18. The highest BCUT2D eigenvalue weighted by molar-refractivity contribution is 5.71. The molecule has 0 amide bonds. The van der Waals surface area contributed by atoms with Gasteiger partial charge in [0.25, 0.3) is 0 Å². The largest absolute Gasteiger partial charge is 0.462 e. The molecule has 2 unspecified atom stereocenters. The Hall–Kier alpha value is -1.59. The SMILES string of the molecule is CCCCCCCCCCCCC(=O)OC[C@H](COC(=O)CCCCCCCCCCCCCCCCC(C)CC)OC(=O)CCCCCCCCCCC(C)CC. The fourth-order valence-electron chi connectivity index (χ4n) is 7.75. The molecule has 0 bridgehead atoms. The number of unbranched alkanes of at least 4 members (excludes halogenated alkanes) is 29. The minimum Gasteiger partial charge on any atom is -0.462 e. The molecular weight excluding hydrogens is 721 g/mol. The van der Waals surface area contributed by atoms with Crippen LogP contribution >= 0.6 is 0 Å². The number of hydrogen-bond donors (Lipinski definition) is 0. The molecule has 344 valence electrons. The highest BCUT2D eigenvalue weighted by atomic mass is 16.6. The van der Waals surface area contributed by atoms with Gasteiger partial charge in [-0.25, -0.2) is 0 Å². The predicted octanol–water partition coefficient (Wildman–Crippen LogP) is 16.5. The molecule has 0 fully saturated rings. The summed E-state index contributed by atoms with van der Waals surface area (Å²) in [6.45, 7) is 11.4. The molecular formula is C52H100O6. The molecule has 0 aliphatic heterocycles. The van der Waals surface area contributed by atoms with Gasteiger partial charge in [-0.3, -0.25) is 14.4 Å². The van der Waals surface area contributed by atoms with Gasteiger partial charge in [-0.15, -0.1) is 0 Å². The van der Waals surface area contributed by atoms with Crippen molar-refractivity contribution in [1.82, 2.24) is 0 Å². The monoisotopic (exact) mass is 821 g/mol. The Kier molecular flexibility index (Phi) is 43.7. The quantitative estimate of drug-likeness (QED) is 0.0346. The van der Waals surface area contributed by atoms with Crippen molar-refractivity contribution in [2.24, 2.45) is 11.8 Å². The van der Waals surface area contributed by atoms with Crippen LogP contribution in [0.1, 0.15) is 285 Å². The van der Waals surface area contributed by atoms with E-state index in [9.17, 15) is 14.4 Å². The number of hydrogen-bond acceptors (Lipinski definition) is 6. The number of rotatable bonds is 46. The normalized spacial score (nSPS) is 13.0. The summed E-state index contributed by atoms with van der Waals surface area (Å²) in [4.78, 5) is 37.9. The van der Waals surface area contributed by atoms with Gasteiger partial charge in [-0.2, -0.15) is 0 Å². The van der Waals surface area contributed by atoms with Crippen LogP contribution in [0.4, 0.5) is 0 Å². The first-order valence-electron chi connectivity index (χ1n) is 25.8. The topological polar surface area (TPSA) is 78.9 Å². The first kappa shape index (κ1) is 56.4. The lowest BCUT2D eigenvalue weighted by atomic mass is 9.99. The van der Waals surface area contributed by atoms with Gasteiger partial charge in [0.15, 0.2) is 6.10 Å². The van der Waals surface area contributed by atoms with Crippen LogP contribution < -0.4 is 0 Å². The lowest BCUT2D eigenvalue weighted by Crippen LogP contribution is -2.30. The van der Waals surface area contributed by atoms with Gasteiger partial charge in [-0.1, -0.05) is 247 Å². The van der Waals surface area contributed by atoms with Gasteiger partial charge < -0.3 is 14.2 Å². The van der Waals surface area contributed by atoms with Gasteiger partial charge in [0.05, 0.1) is 0 Å². The maximum absolute atomic E-state index is 12.8. The molecule has 0 aromatic heterocycles. The van der Waals surface area contributed by atoms with Crippen molar-refractivity contribution < 1.29 is 28.6 Å². The van der Waals surface area contributed by atoms with E-state index in [-0.39, 0.29) is 31.1 Å². The second-order valence-electron chi connectivity index (χ2n) is 18.3. The third kappa shape index (κ3) is 42.5. The van der Waals surface area contributed by atoms with E-state index in [0.717, 1.165) is 69.6 Å². The molecule has 0 rings (SSSR count).